The van der Waals surface area contributed by atoms with Crippen LogP contribution in [0.2, 0.25) is 10.0 Å². The minimum absolute atomic E-state index is 0.0389. The third kappa shape index (κ3) is 7.05. The number of carboxylic acids is 1. The number of nitrogens with zero attached hydrogens (tertiary/aromatic N) is 4. The van der Waals surface area contributed by atoms with Crippen LogP contribution in [-0.4, -0.2) is 91.2 Å². The molecule has 50 heavy (non-hydrogen) atoms. The molecule has 0 spiro atoms. The van der Waals surface area contributed by atoms with E-state index in [2.05, 4.69) is 23.7 Å². The fourth-order valence-corrected chi connectivity index (χ4v) is 7.55. The number of benzene rings is 3. The lowest BCUT2D eigenvalue weighted by molar-refractivity contribution is 0.0101. The lowest BCUT2D eigenvalue weighted by atomic mass is 9.88. The molecule has 3 aromatic rings. The minimum Gasteiger partial charge on any atom is -0.478 e. The van der Waals surface area contributed by atoms with Gasteiger partial charge in [-0.25, -0.2) is 9.18 Å². The zero-order valence-corrected chi connectivity index (χ0v) is 29.5. The maximum atomic E-state index is 15.6. The summed E-state index contributed by atoms with van der Waals surface area (Å²) in [5.41, 5.74) is 8.95. The second-order valence-corrected chi connectivity index (χ2v) is 13.4. The predicted molar refractivity (Wildman–Crippen MR) is 194 cm³/mol. The van der Waals surface area contributed by atoms with Gasteiger partial charge >= 0.3 is 5.97 Å². The van der Waals surface area contributed by atoms with Crippen molar-refractivity contribution in [1.29, 1.82) is 0 Å². The fraction of sp³-hybridized carbons (Fsp3) is 0.378. The zero-order valence-electron chi connectivity index (χ0n) is 28.0. The summed E-state index contributed by atoms with van der Waals surface area (Å²) in [5, 5.41) is 10.2. The van der Waals surface area contributed by atoms with Crippen LogP contribution in [0, 0.1) is 5.82 Å². The zero-order chi connectivity index (χ0) is 35.5. The highest BCUT2D eigenvalue weighted by molar-refractivity contribution is 6.40. The number of morpholine rings is 1. The molecule has 0 saturated carbocycles. The molecule has 264 valence electrons. The molecule has 0 radical (unpaired) electrons. The first kappa shape index (κ1) is 35.7. The summed E-state index contributed by atoms with van der Waals surface area (Å²) < 4.78 is 27.3. The SMILES string of the molecule is CCN(CC)CCCN=CC(=CN)c1cc(Cl)c(C(=O)N2COc3c(cccc3-c3cc(N4C5COCC4C5)c(C(=O)O)cc3F)C2)c(Cl)c1. The van der Waals surface area contributed by atoms with E-state index in [4.69, 9.17) is 38.4 Å². The van der Waals surface area contributed by atoms with Crippen molar-refractivity contribution in [2.24, 2.45) is 10.7 Å². The number of fused-ring (bicyclic) bond motifs is 3. The van der Waals surface area contributed by atoms with Gasteiger partial charge in [0.15, 0.2) is 6.73 Å². The van der Waals surface area contributed by atoms with E-state index < -0.39 is 17.7 Å². The summed E-state index contributed by atoms with van der Waals surface area (Å²) in [7, 11) is 0. The Morgan fingerprint density at radius 3 is 2.46 bits per heavy atom. The Labute approximate surface area is 300 Å². The van der Waals surface area contributed by atoms with Crippen molar-refractivity contribution in [2.75, 3.05) is 51.0 Å². The molecule has 3 aromatic carbocycles. The summed E-state index contributed by atoms with van der Waals surface area (Å²) in [5.74, 6) is -1.90. The average molecular weight is 725 g/mol. The van der Waals surface area contributed by atoms with E-state index >= 15 is 4.39 Å². The molecule has 1 amide bonds. The van der Waals surface area contributed by atoms with E-state index in [9.17, 15) is 14.7 Å². The molecule has 3 N–H and O–H groups in total. The molecule has 3 heterocycles. The number of amides is 1. The molecule has 3 aliphatic heterocycles. The van der Waals surface area contributed by atoms with Crippen molar-refractivity contribution in [1.82, 2.24) is 9.80 Å². The Hall–Kier alpha value is -4.16. The van der Waals surface area contributed by atoms with Crippen molar-refractivity contribution in [3.63, 3.8) is 0 Å². The largest absolute Gasteiger partial charge is 0.478 e. The highest BCUT2D eigenvalue weighted by Gasteiger charge is 2.44. The number of hydrogen-bond acceptors (Lipinski definition) is 8. The molecule has 10 nitrogen and oxygen atoms in total. The highest BCUT2D eigenvalue weighted by atomic mass is 35.5. The molecule has 2 atom stereocenters. The Bertz CT molecular complexity index is 1810. The van der Waals surface area contributed by atoms with Crippen molar-refractivity contribution < 1.29 is 28.6 Å². The number of aromatic carboxylic acids is 1. The molecule has 2 bridgehead atoms. The summed E-state index contributed by atoms with van der Waals surface area (Å²) in [6.07, 6.45) is 4.92. The normalized spacial score (nSPS) is 18.6. The summed E-state index contributed by atoms with van der Waals surface area (Å²) in [6.45, 7) is 8.85. The van der Waals surface area contributed by atoms with Crippen molar-refractivity contribution in [3.05, 3.63) is 86.8 Å². The third-order valence-electron chi connectivity index (χ3n) is 9.60. The molecule has 2 fully saturated rings. The van der Waals surface area contributed by atoms with Crippen LogP contribution in [0.4, 0.5) is 10.1 Å². The maximum absolute atomic E-state index is 15.6. The van der Waals surface area contributed by atoms with Crippen LogP contribution in [0.15, 0.2) is 53.7 Å². The number of ether oxygens (including phenoxy) is 2. The topological polar surface area (TPSA) is 121 Å². The van der Waals surface area contributed by atoms with Gasteiger partial charge in [-0.05, 0) is 62.3 Å². The van der Waals surface area contributed by atoms with E-state index in [1.807, 2.05) is 4.90 Å². The van der Waals surface area contributed by atoms with Crippen molar-refractivity contribution in [3.8, 4) is 16.9 Å². The van der Waals surface area contributed by atoms with Crippen LogP contribution in [0.3, 0.4) is 0 Å². The minimum atomic E-state index is -1.20. The van der Waals surface area contributed by atoms with Gasteiger partial charge in [0.1, 0.15) is 11.6 Å². The first-order valence-electron chi connectivity index (χ1n) is 16.8. The Balaban J connectivity index is 1.20. The lowest BCUT2D eigenvalue weighted by Crippen LogP contribution is -2.64. The molecule has 2 unspecified atom stereocenters. The second kappa shape index (κ2) is 15.4. The fourth-order valence-electron chi connectivity index (χ4n) is 6.91. The number of aliphatic imine (C=N–C) groups is 1. The van der Waals surface area contributed by atoms with E-state index in [0.29, 0.717) is 53.5 Å². The van der Waals surface area contributed by atoms with Gasteiger partial charge in [0.25, 0.3) is 5.91 Å². The maximum Gasteiger partial charge on any atom is 0.337 e. The number of hydrogen-bond donors (Lipinski definition) is 2. The van der Waals surface area contributed by atoms with Gasteiger partial charge in [0.05, 0.1) is 58.7 Å². The number of carbonyl (C=O) groups excluding carboxylic acids is 1. The lowest BCUT2D eigenvalue weighted by Gasteiger charge is -2.54. The van der Waals surface area contributed by atoms with E-state index in [0.717, 1.165) is 38.5 Å². The first-order chi connectivity index (χ1) is 24.1. The van der Waals surface area contributed by atoms with Crippen molar-refractivity contribution in [2.45, 2.75) is 45.3 Å². The number of anilines is 1. The second-order valence-electron chi connectivity index (χ2n) is 12.6. The van der Waals surface area contributed by atoms with Crippen LogP contribution in [0.25, 0.3) is 16.7 Å². The van der Waals surface area contributed by atoms with Crippen LogP contribution < -0.4 is 15.4 Å². The van der Waals surface area contributed by atoms with E-state index in [1.165, 1.54) is 11.1 Å². The smallest absolute Gasteiger partial charge is 0.337 e. The monoisotopic (exact) mass is 723 g/mol. The van der Waals surface area contributed by atoms with Gasteiger partial charge in [-0.1, -0.05) is 55.2 Å². The number of rotatable bonds is 12. The number of carboxylic acid groups (broad SMARTS) is 1. The van der Waals surface area contributed by atoms with Gasteiger partial charge in [0.2, 0.25) is 0 Å². The van der Waals surface area contributed by atoms with Gasteiger partial charge in [-0.2, -0.15) is 0 Å². The number of para-hydroxylation sites is 1. The van der Waals surface area contributed by atoms with E-state index in [1.54, 1.807) is 42.6 Å². The summed E-state index contributed by atoms with van der Waals surface area (Å²) in [4.78, 5) is 36.2. The van der Waals surface area contributed by atoms with Gasteiger partial charge in [-0.15, -0.1) is 0 Å². The number of halogens is 3. The van der Waals surface area contributed by atoms with Gasteiger partial charge in [-0.3, -0.25) is 9.79 Å². The number of allylic oxidation sites excluding steroid dienone is 1. The van der Waals surface area contributed by atoms with Crippen LogP contribution in [0.5, 0.6) is 5.75 Å². The molecule has 3 aliphatic rings. The molecular formula is C37H40Cl2FN5O5. The molecular weight excluding hydrogens is 684 g/mol. The first-order valence-corrected chi connectivity index (χ1v) is 17.5. The predicted octanol–water partition coefficient (Wildman–Crippen LogP) is 6.57. The molecule has 13 heteroatoms. The quantitative estimate of drug-likeness (QED) is 0.159. The number of nitrogens with two attached hydrogens (primary N) is 1. The highest BCUT2D eigenvalue weighted by Crippen LogP contribution is 2.44. The Morgan fingerprint density at radius 1 is 1.10 bits per heavy atom. The van der Waals surface area contributed by atoms with Crippen molar-refractivity contribution >= 4 is 52.6 Å². The van der Waals surface area contributed by atoms with Crippen LogP contribution in [-0.2, 0) is 11.3 Å². The standard InChI is InChI=1S/C37H40Cl2FN5O5/c1-3-43(4-2)10-6-9-42-17-24(16-41)23-11-30(38)34(31(39)12-23)36(46)44-18-22-7-5-8-27(35(22)50-21-44)28-15-33(29(37(47)48)14-32(28)40)45-25-13-26(45)20-49-19-25/h5,7-8,11-12,14-17,25-26H,3-4,6,9-10,13,18-21,41H2,1-2H3,(H,47,48). The van der Waals surface area contributed by atoms with Crippen LogP contribution >= 0.6 is 23.2 Å². The van der Waals surface area contributed by atoms with E-state index in [-0.39, 0.29) is 52.1 Å². The molecule has 0 aliphatic carbocycles. The molecule has 2 saturated heterocycles. The Kier molecular flexibility index (Phi) is 11.0. The molecule has 6 rings (SSSR count). The third-order valence-corrected chi connectivity index (χ3v) is 10.2. The average Bonchev–Trinajstić information content (AvgIpc) is 3.11. The summed E-state index contributed by atoms with van der Waals surface area (Å²) in [6, 6.07) is 11.3. The van der Waals surface area contributed by atoms with Crippen LogP contribution in [0.1, 0.15) is 58.5 Å². The van der Waals surface area contributed by atoms with Gasteiger partial charge < -0.3 is 35.0 Å². The number of carbonyl (C=O) groups is 2. The Morgan fingerprint density at radius 2 is 1.82 bits per heavy atom. The van der Waals surface area contributed by atoms with Gasteiger partial charge in [0, 0.05) is 41.2 Å². The summed E-state index contributed by atoms with van der Waals surface area (Å²) >= 11 is 13.3. The molecule has 0 aromatic heterocycles.